The van der Waals surface area contributed by atoms with Gasteiger partial charge < -0.3 is 10.2 Å². The lowest BCUT2D eigenvalue weighted by molar-refractivity contribution is 0.126. The SMILES string of the molecule is CCNC1CCC(C(C)C)CC1CN(C)CC1CCCC1. The van der Waals surface area contributed by atoms with Crippen LogP contribution in [0.15, 0.2) is 0 Å². The molecule has 0 spiro atoms. The molecular weight excluding hydrogens is 256 g/mol. The summed E-state index contributed by atoms with van der Waals surface area (Å²) in [5, 5.41) is 3.77. The van der Waals surface area contributed by atoms with E-state index in [-0.39, 0.29) is 0 Å². The summed E-state index contributed by atoms with van der Waals surface area (Å²) in [5.74, 6) is 3.65. The summed E-state index contributed by atoms with van der Waals surface area (Å²) in [6.07, 6.45) is 10.1. The van der Waals surface area contributed by atoms with Crippen LogP contribution in [0.1, 0.15) is 65.7 Å². The lowest BCUT2D eigenvalue weighted by Crippen LogP contribution is -2.46. The van der Waals surface area contributed by atoms with E-state index in [9.17, 15) is 0 Å². The van der Waals surface area contributed by atoms with Crippen LogP contribution in [0.25, 0.3) is 0 Å². The Kier molecular flexibility index (Phi) is 7.01. The molecule has 124 valence electrons. The maximum absolute atomic E-state index is 3.77. The average molecular weight is 295 g/mol. The lowest BCUT2D eigenvalue weighted by atomic mass is 9.73. The Morgan fingerprint density at radius 2 is 1.76 bits per heavy atom. The summed E-state index contributed by atoms with van der Waals surface area (Å²) >= 11 is 0. The zero-order chi connectivity index (χ0) is 15.2. The van der Waals surface area contributed by atoms with Crippen molar-refractivity contribution in [3.05, 3.63) is 0 Å². The molecule has 2 fully saturated rings. The van der Waals surface area contributed by atoms with Crippen LogP contribution in [0.3, 0.4) is 0 Å². The minimum atomic E-state index is 0.760. The predicted octanol–water partition coefficient (Wildman–Crippen LogP) is 4.16. The minimum Gasteiger partial charge on any atom is -0.314 e. The Morgan fingerprint density at radius 1 is 1.05 bits per heavy atom. The van der Waals surface area contributed by atoms with Gasteiger partial charge in [-0.25, -0.2) is 0 Å². The van der Waals surface area contributed by atoms with Crippen molar-refractivity contribution >= 4 is 0 Å². The topological polar surface area (TPSA) is 15.3 Å². The summed E-state index contributed by atoms with van der Waals surface area (Å²) in [5.41, 5.74) is 0. The highest BCUT2D eigenvalue weighted by Gasteiger charge is 2.32. The molecule has 2 saturated carbocycles. The van der Waals surface area contributed by atoms with E-state index in [1.54, 1.807) is 0 Å². The van der Waals surface area contributed by atoms with Crippen LogP contribution in [-0.2, 0) is 0 Å². The third-order valence-electron chi connectivity index (χ3n) is 6.02. The molecule has 0 aromatic heterocycles. The number of rotatable bonds is 7. The van der Waals surface area contributed by atoms with Crippen molar-refractivity contribution in [3.63, 3.8) is 0 Å². The van der Waals surface area contributed by atoms with Crippen molar-refractivity contribution in [1.29, 1.82) is 0 Å². The Hall–Kier alpha value is -0.0800. The maximum atomic E-state index is 3.77. The standard InChI is InChI=1S/C19H38N2/c1-5-20-19-11-10-17(15(2)3)12-18(19)14-21(4)13-16-8-6-7-9-16/h15-20H,5-14H2,1-4H3. The fourth-order valence-electron chi connectivity index (χ4n) is 4.75. The van der Waals surface area contributed by atoms with Gasteiger partial charge in [0.05, 0.1) is 0 Å². The lowest BCUT2D eigenvalue weighted by Gasteiger charge is -2.40. The van der Waals surface area contributed by atoms with E-state index in [1.165, 1.54) is 58.0 Å². The van der Waals surface area contributed by atoms with Gasteiger partial charge in [-0.2, -0.15) is 0 Å². The number of nitrogens with zero attached hydrogens (tertiary/aromatic N) is 1. The molecule has 21 heavy (non-hydrogen) atoms. The van der Waals surface area contributed by atoms with Crippen molar-refractivity contribution < 1.29 is 0 Å². The van der Waals surface area contributed by atoms with Crippen LogP contribution in [0.2, 0.25) is 0 Å². The Morgan fingerprint density at radius 3 is 2.38 bits per heavy atom. The number of hydrogen-bond donors (Lipinski definition) is 1. The summed E-state index contributed by atoms with van der Waals surface area (Å²) < 4.78 is 0. The molecule has 0 aromatic rings. The van der Waals surface area contributed by atoms with Crippen LogP contribution in [0.5, 0.6) is 0 Å². The normalized spacial score (nSPS) is 31.4. The van der Waals surface area contributed by atoms with E-state index < -0.39 is 0 Å². The summed E-state index contributed by atoms with van der Waals surface area (Å²) in [6, 6.07) is 0.760. The highest BCUT2D eigenvalue weighted by molar-refractivity contribution is 4.87. The van der Waals surface area contributed by atoms with E-state index in [0.717, 1.165) is 36.3 Å². The van der Waals surface area contributed by atoms with Crippen molar-refractivity contribution in [3.8, 4) is 0 Å². The van der Waals surface area contributed by atoms with Crippen LogP contribution in [0.4, 0.5) is 0 Å². The Labute approximate surface area is 133 Å². The third-order valence-corrected chi connectivity index (χ3v) is 6.02. The molecule has 1 N–H and O–H groups in total. The molecule has 3 atom stereocenters. The van der Waals surface area contributed by atoms with Gasteiger partial charge in [-0.3, -0.25) is 0 Å². The highest BCUT2D eigenvalue weighted by Crippen LogP contribution is 2.34. The number of hydrogen-bond acceptors (Lipinski definition) is 2. The van der Waals surface area contributed by atoms with Crippen LogP contribution in [0, 0.1) is 23.7 Å². The molecule has 0 heterocycles. The fourth-order valence-corrected chi connectivity index (χ4v) is 4.75. The molecule has 2 rings (SSSR count). The van der Waals surface area contributed by atoms with Gasteiger partial charge in [-0.05, 0) is 69.4 Å². The molecule has 2 heteroatoms. The first-order valence-corrected chi connectivity index (χ1v) is 9.52. The Balaban J connectivity index is 1.85. The van der Waals surface area contributed by atoms with Gasteiger partial charge in [-0.1, -0.05) is 33.6 Å². The van der Waals surface area contributed by atoms with Gasteiger partial charge in [0.2, 0.25) is 0 Å². The van der Waals surface area contributed by atoms with E-state index in [0.29, 0.717) is 0 Å². The van der Waals surface area contributed by atoms with Gasteiger partial charge in [0, 0.05) is 19.1 Å². The van der Waals surface area contributed by atoms with Crippen LogP contribution >= 0.6 is 0 Å². The molecule has 0 saturated heterocycles. The molecule has 3 unspecified atom stereocenters. The summed E-state index contributed by atoms with van der Waals surface area (Å²) in [7, 11) is 2.36. The molecule has 0 amide bonds. The molecule has 0 aromatic carbocycles. The van der Waals surface area contributed by atoms with Crippen LogP contribution < -0.4 is 5.32 Å². The number of nitrogens with one attached hydrogen (secondary N) is 1. The van der Waals surface area contributed by atoms with Gasteiger partial charge in [-0.15, -0.1) is 0 Å². The molecule has 0 bridgehead atoms. The summed E-state index contributed by atoms with van der Waals surface area (Å²) in [6.45, 7) is 10.8. The van der Waals surface area contributed by atoms with Crippen LogP contribution in [-0.4, -0.2) is 37.6 Å². The molecular formula is C19H38N2. The first-order valence-electron chi connectivity index (χ1n) is 9.52. The Bertz CT molecular complexity index is 283. The van der Waals surface area contributed by atoms with E-state index >= 15 is 0 Å². The molecule has 2 nitrogen and oxygen atoms in total. The van der Waals surface area contributed by atoms with Gasteiger partial charge in [0.1, 0.15) is 0 Å². The van der Waals surface area contributed by atoms with Crippen molar-refractivity contribution in [2.24, 2.45) is 23.7 Å². The molecule has 2 aliphatic carbocycles. The first kappa shape index (κ1) is 17.3. The van der Waals surface area contributed by atoms with Crippen molar-refractivity contribution in [2.45, 2.75) is 71.8 Å². The minimum absolute atomic E-state index is 0.760. The first-order chi connectivity index (χ1) is 10.1. The van der Waals surface area contributed by atoms with Gasteiger partial charge in [0.25, 0.3) is 0 Å². The molecule has 2 aliphatic rings. The van der Waals surface area contributed by atoms with Crippen molar-refractivity contribution in [2.75, 3.05) is 26.7 Å². The smallest absolute Gasteiger partial charge is 0.0108 e. The second-order valence-corrected chi connectivity index (χ2v) is 8.11. The van der Waals surface area contributed by atoms with E-state index in [4.69, 9.17) is 0 Å². The molecule has 0 aliphatic heterocycles. The largest absolute Gasteiger partial charge is 0.314 e. The molecule has 0 radical (unpaired) electrons. The quantitative estimate of drug-likeness (QED) is 0.758. The fraction of sp³-hybridized carbons (Fsp3) is 1.00. The highest BCUT2D eigenvalue weighted by atomic mass is 15.1. The van der Waals surface area contributed by atoms with E-state index in [2.05, 4.69) is 38.0 Å². The second kappa shape index (κ2) is 8.53. The zero-order valence-corrected chi connectivity index (χ0v) is 14.9. The second-order valence-electron chi connectivity index (χ2n) is 8.11. The maximum Gasteiger partial charge on any atom is 0.0108 e. The predicted molar refractivity (Wildman–Crippen MR) is 92.6 cm³/mol. The zero-order valence-electron chi connectivity index (χ0n) is 14.9. The van der Waals surface area contributed by atoms with Gasteiger partial charge >= 0.3 is 0 Å². The monoisotopic (exact) mass is 294 g/mol. The van der Waals surface area contributed by atoms with Crippen molar-refractivity contribution in [1.82, 2.24) is 10.2 Å². The third kappa shape index (κ3) is 5.25. The van der Waals surface area contributed by atoms with E-state index in [1.807, 2.05) is 0 Å². The summed E-state index contributed by atoms with van der Waals surface area (Å²) in [4.78, 5) is 2.65. The average Bonchev–Trinajstić information content (AvgIpc) is 2.93. The van der Waals surface area contributed by atoms with Gasteiger partial charge in [0.15, 0.2) is 0 Å².